The molecule has 42 heavy (non-hydrogen) atoms. The first-order valence-electron chi connectivity index (χ1n) is 14.0. The van der Waals surface area contributed by atoms with E-state index in [-0.39, 0.29) is 43.7 Å². The number of aromatic nitrogens is 2. The average Bonchev–Trinajstić information content (AvgIpc) is 3.53. The summed E-state index contributed by atoms with van der Waals surface area (Å²) in [5, 5.41) is 0. The number of ether oxygens (including phenoxy) is 1. The maximum Gasteiger partial charge on any atom is 0.416 e. The number of amides is 2. The van der Waals surface area contributed by atoms with Gasteiger partial charge in [0.25, 0.3) is 0 Å². The van der Waals surface area contributed by atoms with Crippen molar-refractivity contribution in [1.82, 2.24) is 9.55 Å². The summed E-state index contributed by atoms with van der Waals surface area (Å²) < 4.78 is 47.6. The molecule has 1 aliphatic heterocycles. The highest BCUT2D eigenvalue weighted by Gasteiger charge is 2.37. The monoisotopic (exact) mass is 578 g/mol. The number of rotatable bonds is 9. The number of fused-ring (bicyclic) bond motifs is 1. The van der Waals surface area contributed by atoms with Crippen molar-refractivity contribution in [3.05, 3.63) is 89.2 Å². The molecule has 0 spiro atoms. The van der Waals surface area contributed by atoms with Gasteiger partial charge in [0, 0.05) is 31.2 Å². The van der Waals surface area contributed by atoms with E-state index in [9.17, 15) is 22.8 Å². The third-order valence-corrected chi connectivity index (χ3v) is 7.65. The molecule has 0 radical (unpaired) electrons. The van der Waals surface area contributed by atoms with Crippen LogP contribution in [0.3, 0.4) is 0 Å². The van der Waals surface area contributed by atoms with Gasteiger partial charge in [0.2, 0.25) is 11.8 Å². The number of hydrogen-bond acceptors (Lipinski definition) is 4. The molecule has 1 aromatic heterocycles. The zero-order chi connectivity index (χ0) is 30.0. The Balaban J connectivity index is 1.50. The number of hydrogen-bond donors (Lipinski definition) is 0. The fourth-order valence-electron chi connectivity index (χ4n) is 5.61. The SMILES string of the molecule is CCOCN(C(=O)Cn1c([C@H]2CC(=O)N(c3cccc(C(F)(F)F)c3)C2)nc2ccccc21)c1c(C)cccc1CC. The van der Waals surface area contributed by atoms with E-state index in [1.54, 1.807) is 4.90 Å². The van der Waals surface area contributed by atoms with Gasteiger partial charge in [0.15, 0.2) is 0 Å². The predicted octanol–water partition coefficient (Wildman–Crippen LogP) is 6.47. The van der Waals surface area contributed by atoms with Gasteiger partial charge in [0.05, 0.1) is 22.3 Å². The van der Waals surface area contributed by atoms with E-state index < -0.39 is 17.7 Å². The maximum atomic E-state index is 14.0. The molecule has 1 aliphatic rings. The molecule has 5 rings (SSSR count). The van der Waals surface area contributed by atoms with Crippen molar-refractivity contribution in [2.45, 2.75) is 52.3 Å². The summed E-state index contributed by atoms with van der Waals surface area (Å²) in [6, 6.07) is 18.1. The van der Waals surface area contributed by atoms with Gasteiger partial charge >= 0.3 is 6.18 Å². The van der Waals surface area contributed by atoms with Crippen LogP contribution < -0.4 is 9.80 Å². The van der Waals surface area contributed by atoms with Crippen LogP contribution in [0.4, 0.5) is 24.5 Å². The Hall–Kier alpha value is -4.18. The predicted molar refractivity (Wildman–Crippen MR) is 155 cm³/mol. The van der Waals surface area contributed by atoms with Crippen LogP contribution in [0.2, 0.25) is 0 Å². The molecule has 0 aliphatic carbocycles. The summed E-state index contributed by atoms with van der Waals surface area (Å²) in [6.45, 7) is 6.50. The molecular weight excluding hydrogens is 545 g/mol. The van der Waals surface area contributed by atoms with E-state index in [0.717, 1.165) is 40.9 Å². The van der Waals surface area contributed by atoms with Crippen LogP contribution in [-0.4, -0.2) is 41.2 Å². The first-order valence-corrected chi connectivity index (χ1v) is 14.0. The lowest BCUT2D eigenvalue weighted by Gasteiger charge is -2.27. The van der Waals surface area contributed by atoms with Gasteiger partial charge in [-0.05, 0) is 61.7 Å². The second kappa shape index (κ2) is 12.0. The second-order valence-corrected chi connectivity index (χ2v) is 10.4. The highest BCUT2D eigenvalue weighted by Crippen LogP contribution is 2.36. The summed E-state index contributed by atoms with van der Waals surface area (Å²) >= 11 is 0. The summed E-state index contributed by atoms with van der Waals surface area (Å²) in [5.41, 5.74) is 3.58. The van der Waals surface area contributed by atoms with Gasteiger partial charge in [-0.2, -0.15) is 13.2 Å². The van der Waals surface area contributed by atoms with Crippen LogP contribution in [-0.2, 0) is 33.5 Å². The van der Waals surface area contributed by atoms with E-state index in [1.165, 1.54) is 17.0 Å². The van der Waals surface area contributed by atoms with Gasteiger partial charge in [-0.15, -0.1) is 0 Å². The number of anilines is 2. The Morgan fingerprint density at radius 1 is 1.07 bits per heavy atom. The molecule has 2 amide bonds. The third-order valence-electron chi connectivity index (χ3n) is 7.65. The highest BCUT2D eigenvalue weighted by atomic mass is 19.4. The molecule has 4 aromatic rings. The molecule has 1 fully saturated rings. The van der Waals surface area contributed by atoms with Crippen molar-refractivity contribution in [2.24, 2.45) is 0 Å². The zero-order valence-electron chi connectivity index (χ0n) is 23.8. The number of carbonyl (C=O) groups is 2. The molecule has 3 aromatic carbocycles. The van der Waals surface area contributed by atoms with Crippen LogP contribution in [0.5, 0.6) is 0 Å². The molecule has 0 unspecified atom stereocenters. The molecule has 0 bridgehead atoms. The van der Waals surface area contributed by atoms with Crippen LogP contribution in [0.25, 0.3) is 11.0 Å². The van der Waals surface area contributed by atoms with E-state index in [1.807, 2.05) is 67.8 Å². The molecule has 10 heteroatoms. The van der Waals surface area contributed by atoms with Crippen LogP contribution >= 0.6 is 0 Å². The van der Waals surface area contributed by atoms with E-state index in [2.05, 4.69) is 0 Å². The van der Waals surface area contributed by atoms with Crippen molar-refractivity contribution in [3.8, 4) is 0 Å². The van der Waals surface area contributed by atoms with Crippen molar-refractivity contribution in [2.75, 3.05) is 29.7 Å². The number of halogens is 3. The van der Waals surface area contributed by atoms with Crippen molar-refractivity contribution >= 4 is 34.2 Å². The first kappa shape index (κ1) is 29.3. The number of carbonyl (C=O) groups excluding carboxylic acids is 2. The van der Waals surface area contributed by atoms with E-state index >= 15 is 0 Å². The molecule has 1 atom stereocenters. The minimum Gasteiger partial charge on any atom is -0.361 e. The average molecular weight is 579 g/mol. The fourth-order valence-corrected chi connectivity index (χ4v) is 5.61. The van der Waals surface area contributed by atoms with E-state index in [0.29, 0.717) is 17.9 Å². The molecule has 2 heterocycles. The molecular formula is C32H33F3N4O3. The summed E-state index contributed by atoms with van der Waals surface area (Å²) in [6.07, 6.45) is -3.72. The van der Waals surface area contributed by atoms with Crippen LogP contribution in [0.1, 0.15) is 48.7 Å². The largest absolute Gasteiger partial charge is 0.416 e. The standard InChI is InChI=1S/C32H33F3N4O3/c1-4-22-11-8-10-21(3)30(22)39(20-42-5-2)29(41)19-38-27-15-7-6-14-26(27)36-31(38)23-16-28(40)37(18-23)25-13-9-12-24(17-25)32(33,34)35/h6-15,17,23H,4-5,16,18-20H2,1-3H3/t23-/m0/s1. The summed E-state index contributed by atoms with van der Waals surface area (Å²) in [7, 11) is 0. The van der Waals surface area contributed by atoms with Crippen LogP contribution in [0, 0.1) is 6.92 Å². The third kappa shape index (κ3) is 5.76. The lowest BCUT2D eigenvalue weighted by atomic mass is 10.0. The van der Waals surface area contributed by atoms with Gasteiger partial charge in [0.1, 0.15) is 19.1 Å². The Kier molecular flexibility index (Phi) is 8.36. The molecule has 0 saturated carbocycles. The Morgan fingerprint density at radius 3 is 2.57 bits per heavy atom. The molecule has 1 saturated heterocycles. The van der Waals surface area contributed by atoms with Crippen LogP contribution in [0.15, 0.2) is 66.7 Å². The number of benzene rings is 3. The minimum absolute atomic E-state index is 0.0470. The Bertz CT molecular complexity index is 1610. The number of nitrogens with zero attached hydrogens (tertiary/aromatic N) is 4. The molecule has 7 nitrogen and oxygen atoms in total. The number of para-hydroxylation sites is 3. The first-order chi connectivity index (χ1) is 20.1. The topological polar surface area (TPSA) is 67.7 Å². The van der Waals surface area contributed by atoms with Gasteiger partial charge in [-0.3, -0.25) is 14.5 Å². The molecule has 220 valence electrons. The quantitative estimate of drug-likeness (QED) is 0.214. The number of alkyl halides is 3. The number of imidazole rings is 1. The molecule has 0 N–H and O–H groups in total. The lowest BCUT2D eigenvalue weighted by Crippen LogP contribution is -2.37. The van der Waals surface area contributed by atoms with Gasteiger partial charge < -0.3 is 14.2 Å². The Labute approximate surface area is 242 Å². The Morgan fingerprint density at radius 2 is 1.83 bits per heavy atom. The smallest absolute Gasteiger partial charge is 0.361 e. The normalized spacial score (nSPS) is 15.5. The van der Waals surface area contributed by atoms with Crippen molar-refractivity contribution < 1.29 is 27.5 Å². The summed E-state index contributed by atoms with van der Waals surface area (Å²) in [5.74, 6) is -0.368. The minimum atomic E-state index is -4.52. The second-order valence-electron chi connectivity index (χ2n) is 10.4. The fraction of sp³-hybridized carbons (Fsp3) is 0.344. The van der Waals surface area contributed by atoms with E-state index in [4.69, 9.17) is 9.72 Å². The van der Waals surface area contributed by atoms with Gasteiger partial charge in [-0.25, -0.2) is 4.98 Å². The zero-order valence-corrected chi connectivity index (χ0v) is 23.8. The maximum absolute atomic E-state index is 14.0. The van der Waals surface area contributed by atoms with Gasteiger partial charge in [-0.1, -0.05) is 43.3 Å². The number of aryl methyl sites for hydroxylation is 2. The lowest BCUT2D eigenvalue weighted by molar-refractivity contribution is -0.137. The van der Waals surface area contributed by atoms with Crippen molar-refractivity contribution in [1.29, 1.82) is 0 Å². The highest BCUT2D eigenvalue weighted by molar-refractivity contribution is 5.97. The van der Waals surface area contributed by atoms with Crippen molar-refractivity contribution in [3.63, 3.8) is 0 Å². The summed E-state index contributed by atoms with van der Waals surface area (Å²) in [4.78, 5) is 35.0.